The summed E-state index contributed by atoms with van der Waals surface area (Å²) in [6.07, 6.45) is 6.07. The number of pyridine rings is 1. The molecule has 0 spiro atoms. The fourth-order valence-electron chi connectivity index (χ4n) is 5.52. The van der Waals surface area contributed by atoms with E-state index in [0.717, 1.165) is 67.0 Å². The average Bonchev–Trinajstić information content (AvgIpc) is 3.64. The number of anilines is 2. The van der Waals surface area contributed by atoms with Crippen LogP contribution in [-0.4, -0.2) is 93.9 Å². The predicted octanol–water partition coefficient (Wildman–Crippen LogP) is 2.86. The van der Waals surface area contributed by atoms with Gasteiger partial charge in [0.25, 0.3) is 0 Å². The summed E-state index contributed by atoms with van der Waals surface area (Å²) in [5.41, 5.74) is 4.57. The van der Waals surface area contributed by atoms with Gasteiger partial charge in [-0.1, -0.05) is 0 Å². The fourth-order valence-corrected chi connectivity index (χ4v) is 5.52. The lowest BCUT2D eigenvalue weighted by molar-refractivity contribution is 0.145. The summed E-state index contributed by atoms with van der Waals surface area (Å²) in [7, 11) is 6.05. The highest BCUT2D eigenvalue weighted by Crippen LogP contribution is 2.33. The van der Waals surface area contributed by atoms with Crippen molar-refractivity contribution in [2.75, 3.05) is 45.2 Å². The van der Waals surface area contributed by atoms with Crippen LogP contribution in [0, 0.1) is 0 Å². The van der Waals surface area contributed by atoms with Gasteiger partial charge >= 0.3 is 0 Å². The molecule has 7 rings (SSSR count). The molecule has 1 atom stereocenters. The Bertz CT molecular complexity index is 1710. The van der Waals surface area contributed by atoms with Crippen LogP contribution in [0.25, 0.3) is 33.7 Å². The van der Waals surface area contributed by atoms with Gasteiger partial charge in [-0.2, -0.15) is 15.3 Å². The largest absolute Gasteiger partial charge is 0.477 e. The maximum atomic E-state index is 6.23. The Morgan fingerprint density at radius 1 is 0.976 bits per heavy atom. The Morgan fingerprint density at radius 2 is 1.83 bits per heavy atom. The zero-order valence-electron chi connectivity index (χ0n) is 23.8. The standard InChI is InChI=1S/C28H34N12O/c1-18-6-12-41-28-21(16-31-38(28)4)27-29-7-5-24(33-27)32-25-14-23-20(15-30-25)26(35-40(18)23)22-13-19(37(3)34-22)17-39-10-8-36(2)9-11-39/h5,7,13-16,18H,6,8-12,17H2,1-4H3,(H,29,30,32,33)/t18-/m0/s1. The highest BCUT2D eigenvalue weighted by molar-refractivity contribution is 5.93. The van der Waals surface area contributed by atoms with Crippen molar-refractivity contribution in [3.8, 4) is 28.7 Å². The van der Waals surface area contributed by atoms with Crippen LogP contribution in [0.3, 0.4) is 0 Å². The number of aryl methyl sites for hydroxylation is 2. The van der Waals surface area contributed by atoms with Gasteiger partial charge in [-0.15, -0.1) is 0 Å². The molecule has 1 saturated heterocycles. The maximum Gasteiger partial charge on any atom is 0.222 e. The molecule has 4 bridgehead atoms. The van der Waals surface area contributed by atoms with E-state index in [4.69, 9.17) is 24.9 Å². The van der Waals surface area contributed by atoms with E-state index in [0.29, 0.717) is 29.9 Å². The topological polar surface area (TPSA) is 120 Å². The number of ether oxygens (including phenoxy) is 1. The first-order valence-electron chi connectivity index (χ1n) is 14.0. The average molecular weight is 555 g/mol. The van der Waals surface area contributed by atoms with E-state index < -0.39 is 0 Å². The predicted molar refractivity (Wildman–Crippen MR) is 155 cm³/mol. The Morgan fingerprint density at radius 3 is 2.68 bits per heavy atom. The zero-order chi connectivity index (χ0) is 28.1. The molecule has 5 aromatic rings. The molecule has 7 heterocycles. The first kappa shape index (κ1) is 25.6. The van der Waals surface area contributed by atoms with Crippen LogP contribution >= 0.6 is 0 Å². The molecule has 1 N–H and O–H groups in total. The highest BCUT2D eigenvalue weighted by atomic mass is 16.5. The minimum absolute atomic E-state index is 0.0590. The molecule has 0 amide bonds. The van der Waals surface area contributed by atoms with Crippen LogP contribution in [-0.2, 0) is 20.6 Å². The first-order chi connectivity index (χ1) is 19.9. The van der Waals surface area contributed by atoms with Crippen LogP contribution in [0.2, 0.25) is 0 Å². The monoisotopic (exact) mass is 554 g/mol. The van der Waals surface area contributed by atoms with Gasteiger partial charge in [0.1, 0.15) is 28.6 Å². The van der Waals surface area contributed by atoms with Gasteiger partial charge in [-0.05, 0) is 26.1 Å². The minimum Gasteiger partial charge on any atom is -0.477 e. The normalized spacial score (nSPS) is 18.2. The Hall–Kier alpha value is -4.36. The molecule has 0 aliphatic carbocycles. The minimum atomic E-state index is 0.0590. The summed E-state index contributed by atoms with van der Waals surface area (Å²) >= 11 is 0. The molecule has 0 aromatic carbocycles. The lowest BCUT2D eigenvalue weighted by Gasteiger charge is -2.32. The summed E-state index contributed by atoms with van der Waals surface area (Å²) in [4.78, 5) is 18.8. The van der Waals surface area contributed by atoms with Crippen molar-refractivity contribution in [2.24, 2.45) is 14.1 Å². The maximum absolute atomic E-state index is 6.23. The number of nitrogens with zero attached hydrogens (tertiary/aromatic N) is 11. The van der Waals surface area contributed by atoms with Crippen molar-refractivity contribution in [3.63, 3.8) is 0 Å². The Balaban J connectivity index is 1.26. The van der Waals surface area contributed by atoms with Gasteiger partial charge in [-0.25, -0.2) is 19.6 Å². The molecule has 13 nitrogen and oxygen atoms in total. The first-order valence-corrected chi connectivity index (χ1v) is 14.0. The molecule has 2 aliphatic heterocycles. The van der Waals surface area contributed by atoms with Crippen molar-refractivity contribution in [2.45, 2.75) is 25.9 Å². The molecule has 0 unspecified atom stereocenters. The van der Waals surface area contributed by atoms with Crippen molar-refractivity contribution < 1.29 is 4.74 Å². The Labute approximate surface area is 237 Å². The summed E-state index contributed by atoms with van der Waals surface area (Å²) in [5.74, 6) is 2.49. The number of hydrogen-bond acceptors (Lipinski definition) is 10. The number of likely N-dealkylation sites (N-methyl/N-ethyl adjacent to an activating group) is 1. The third-order valence-electron chi connectivity index (χ3n) is 8.02. The molecule has 0 radical (unpaired) electrons. The number of fused-ring (bicyclic) bond motifs is 5. The van der Waals surface area contributed by atoms with E-state index in [1.54, 1.807) is 17.1 Å². The second kappa shape index (κ2) is 10.2. The zero-order valence-corrected chi connectivity index (χ0v) is 23.8. The van der Waals surface area contributed by atoms with Crippen LogP contribution in [0.15, 0.2) is 36.8 Å². The lowest BCUT2D eigenvalue weighted by atomic mass is 10.2. The smallest absolute Gasteiger partial charge is 0.222 e. The lowest BCUT2D eigenvalue weighted by Crippen LogP contribution is -2.44. The summed E-state index contributed by atoms with van der Waals surface area (Å²) in [6, 6.07) is 6.07. The number of nitrogens with one attached hydrogen (secondary N) is 1. The van der Waals surface area contributed by atoms with Crippen molar-refractivity contribution in [1.29, 1.82) is 0 Å². The molecule has 41 heavy (non-hydrogen) atoms. The summed E-state index contributed by atoms with van der Waals surface area (Å²) < 4.78 is 12.0. The van der Waals surface area contributed by atoms with E-state index in [1.807, 2.05) is 37.1 Å². The van der Waals surface area contributed by atoms with E-state index >= 15 is 0 Å². The van der Waals surface area contributed by atoms with Crippen molar-refractivity contribution in [1.82, 2.24) is 54.1 Å². The van der Waals surface area contributed by atoms with Crippen LogP contribution in [0.5, 0.6) is 5.88 Å². The van der Waals surface area contributed by atoms with E-state index in [-0.39, 0.29) is 6.04 Å². The van der Waals surface area contributed by atoms with E-state index in [2.05, 4.69) is 49.9 Å². The molecular formula is C28H34N12O. The van der Waals surface area contributed by atoms with Gasteiger partial charge in [0.15, 0.2) is 5.82 Å². The van der Waals surface area contributed by atoms with Crippen molar-refractivity contribution >= 4 is 22.5 Å². The molecule has 13 heteroatoms. The van der Waals surface area contributed by atoms with E-state index in [1.165, 1.54) is 5.69 Å². The third kappa shape index (κ3) is 4.80. The second-order valence-corrected chi connectivity index (χ2v) is 11.0. The number of rotatable bonds is 3. The van der Waals surface area contributed by atoms with Crippen LogP contribution in [0.1, 0.15) is 25.1 Å². The quantitative estimate of drug-likeness (QED) is 0.356. The fraction of sp³-hybridized carbons (Fsp3) is 0.429. The highest BCUT2D eigenvalue weighted by Gasteiger charge is 2.23. The second-order valence-electron chi connectivity index (χ2n) is 11.0. The number of hydrogen-bond donors (Lipinski definition) is 1. The van der Waals surface area contributed by atoms with Crippen molar-refractivity contribution in [3.05, 3.63) is 42.5 Å². The third-order valence-corrected chi connectivity index (χ3v) is 8.02. The molecule has 212 valence electrons. The Kier molecular flexibility index (Phi) is 6.39. The molecule has 1 fully saturated rings. The van der Waals surface area contributed by atoms with Crippen LogP contribution < -0.4 is 10.1 Å². The molecule has 0 saturated carbocycles. The summed E-state index contributed by atoms with van der Waals surface area (Å²) in [6.45, 7) is 7.80. The SMILES string of the molecule is C[C@H]1CCOc2c(cnn2C)-c2nccc(n2)Nc2cc3c(cn2)c(-c2cc(CN4CCN(C)CC4)n(C)n2)nn31. The van der Waals surface area contributed by atoms with E-state index in [9.17, 15) is 0 Å². The number of aromatic nitrogens is 9. The molecule has 2 aliphatic rings. The molecule has 5 aromatic heterocycles. The van der Waals surface area contributed by atoms with Gasteiger partial charge in [0, 0.05) is 77.1 Å². The van der Waals surface area contributed by atoms with Gasteiger partial charge in [0.2, 0.25) is 5.88 Å². The molecular weight excluding hydrogens is 520 g/mol. The van der Waals surface area contributed by atoms with Gasteiger partial charge < -0.3 is 15.0 Å². The van der Waals surface area contributed by atoms with Gasteiger partial charge in [0.05, 0.1) is 30.1 Å². The summed E-state index contributed by atoms with van der Waals surface area (Å²) in [5, 5.41) is 18.7. The van der Waals surface area contributed by atoms with Crippen LogP contribution in [0.4, 0.5) is 11.6 Å². The van der Waals surface area contributed by atoms with Gasteiger partial charge in [-0.3, -0.25) is 14.3 Å². The number of piperazine rings is 1.